The lowest BCUT2D eigenvalue weighted by Gasteiger charge is -2.08. The van der Waals surface area contributed by atoms with E-state index >= 15 is 0 Å². The van der Waals surface area contributed by atoms with Crippen molar-refractivity contribution in [2.75, 3.05) is 19.5 Å². The SMILES string of the molecule is COc1cc(N)cc(OCC(F)F)c1. The Hall–Kier alpha value is -1.52. The fraction of sp³-hybridized carbons (Fsp3) is 0.333. The largest absolute Gasteiger partial charge is 0.497 e. The van der Waals surface area contributed by atoms with E-state index in [1.807, 2.05) is 0 Å². The summed E-state index contributed by atoms with van der Waals surface area (Å²) in [4.78, 5) is 0. The second-order valence-corrected chi connectivity index (χ2v) is 2.64. The van der Waals surface area contributed by atoms with Crippen LogP contribution in [-0.2, 0) is 0 Å². The molecule has 0 unspecified atom stereocenters. The van der Waals surface area contributed by atoms with Gasteiger partial charge in [-0.05, 0) is 0 Å². The number of nitrogen functional groups attached to an aromatic ring is 1. The Morgan fingerprint density at radius 2 is 1.93 bits per heavy atom. The molecule has 0 aliphatic rings. The lowest BCUT2D eigenvalue weighted by Crippen LogP contribution is -2.07. The predicted octanol–water partition coefficient (Wildman–Crippen LogP) is 1.92. The molecule has 0 saturated carbocycles. The molecular weight excluding hydrogens is 192 g/mol. The molecule has 0 heterocycles. The smallest absolute Gasteiger partial charge is 0.272 e. The maximum Gasteiger partial charge on any atom is 0.272 e. The molecular formula is C9H11F2NO2. The van der Waals surface area contributed by atoms with Gasteiger partial charge in [-0.1, -0.05) is 0 Å². The number of anilines is 1. The highest BCUT2D eigenvalue weighted by atomic mass is 19.3. The Kier molecular flexibility index (Phi) is 3.50. The number of benzene rings is 1. The van der Waals surface area contributed by atoms with Crippen molar-refractivity contribution in [3.63, 3.8) is 0 Å². The first-order valence-corrected chi connectivity index (χ1v) is 3.97. The van der Waals surface area contributed by atoms with Crippen LogP contribution in [0.1, 0.15) is 0 Å². The van der Waals surface area contributed by atoms with Gasteiger partial charge in [0.25, 0.3) is 6.43 Å². The molecule has 78 valence electrons. The molecule has 0 spiro atoms. The molecule has 2 N–H and O–H groups in total. The lowest BCUT2D eigenvalue weighted by molar-refractivity contribution is 0.0818. The summed E-state index contributed by atoms with van der Waals surface area (Å²) in [5.74, 6) is 0.761. The molecule has 0 bridgehead atoms. The van der Waals surface area contributed by atoms with Crippen LogP contribution in [0.2, 0.25) is 0 Å². The third kappa shape index (κ3) is 3.08. The van der Waals surface area contributed by atoms with Gasteiger partial charge in [0.05, 0.1) is 7.11 Å². The van der Waals surface area contributed by atoms with Crippen molar-refractivity contribution < 1.29 is 18.3 Å². The summed E-state index contributed by atoms with van der Waals surface area (Å²) >= 11 is 0. The molecule has 1 rings (SSSR count). The minimum absolute atomic E-state index is 0.280. The van der Waals surface area contributed by atoms with Crippen LogP contribution in [0.5, 0.6) is 11.5 Å². The maximum atomic E-state index is 11.8. The summed E-state index contributed by atoms with van der Waals surface area (Å²) < 4.78 is 33.3. The molecule has 0 radical (unpaired) electrons. The van der Waals surface area contributed by atoms with Gasteiger partial charge < -0.3 is 15.2 Å². The van der Waals surface area contributed by atoms with E-state index in [0.717, 1.165) is 0 Å². The predicted molar refractivity (Wildman–Crippen MR) is 48.9 cm³/mol. The van der Waals surface area contributed by atoms with E-state index in [9.17, 15) is 8.78 Å². The van der Waals surface area contributed by atoms with Crippen LogP contribution in [0, 0.1) is 0 Å². The van der Waals surface area contributed by atoms with E-state index in [-0.39, 0.29) is 5.75 Å². The van der Waals surface area contributed by atoms with Crippen molar-refractivity contribution in [3.8, 4) is 11.5 Å². The molecule has 0 fully saturated rings. The first-order chi connectivity index (χ1) is 6.61. The van der Waals surface area contributed by atoms with E-state index in [1.54, 1.807) is 6.07 Å². The summed E-state index contributed by atoms with van der Waals surface area (Å²) in [6, 6.07) is 4.54. The number of rotatable bonds is 4. The normalized spacial score (nSPS) is 10.3. The highest BCUT2D eigenvalue weighted by Gasteiger charge is 2.05. The van der Waals surface area contributed by atoms with Crippen molar-refractivity contribution in [2.24, 2.45) is 0 Å². The van der Waals surface area contributed by atoms with Crippen LogP contribution in [0.3, 0.4) is 0 Å². The van der Waals surface area contributed by atoms with Gasteiger partial charge in [-0.15, -0.1) is 0 Å². The monoisotopic (exact) mass is 203 g/mol. The van der Waals surface area contributed by atoms with Crippen LogP contribution in [-0.4, -0.2) is 20.1 Å². The van der Waals surface area contributed by atoms with Gasteiger partial charge in [0, 0.05) is 23.9 Å². The van der Waals surface area contributed by atoms with Crippen LogP contribution >= 0.6 is 0 Å². The highest BCUT2D eigenvalue weighted by molar-refractivity contribution is 5.50. The number of nitrogens with two attached hydrogens (primary N) is 1. The Morgan fingerprint density at radius 1 is 1.29 bits per heavy atom. The Bertz CT molecular complexity index is 305. The van der Waals surface area contributed by atoms with E-state index in [4.69, 9.17) is 15.2 Å². The van der Waals surface area contributed by atoms with Crippen molar-refractivity contribution >= 4 is 5.69 Å². The first-order valence-electron chi connectivity index (χ1n) is 3.97. The van der Waals surface area contributed by atoms with Gasteiger partial charge in [0.2, 0.25) is 0 Å². The molecule has 0 atom stereocenters. The number of methoxy groups -OCH3 is 1. The maximum absolute atomic E-state index is 11.8. The topological polar surface area (TPSA) is 44.5 Å². The lowest BCUT2D eigenvalue weighted by atomic mass is 10.3. The number of halogens is 2. The third-order valence-electron chi connectivity index (χ3n) is 1.51. The van der Waals surface area contributed by atoms with Gasteiger partial charge >= 0.3 is 0 Å². The fourth-order valence-corrected chi connectivity index (χ4v) is 0.954. The quantitative estimate of drug-likeness (QED) is 0.760. The van der Waals surface area contributed by atoms with Crippen molar-refractivity contribution in [1.29, 1.82) is 0 Å². The number of hydrogen-bond acceptors (Lipinski definition) is 3. The van der Waals surface area contributed by atoms with Gasteiger partial charge in [-0.3, -0.25) is 0 Å². The fourth-order valence-electron chi connectivity index (χ4n) is 0.954. The van der Waals surface area contributed by atoms with Crippen molar-refractivity contribution in [3.05, 3.63) is 18.2 Å². The third-order valence-corrected chi connectivity index (χ3v) is 1.51. The van der Waals surface area contributed by atoms with Crippen LogP contribution in [0.25, 0.3) is 0 Å². The Labute approximate surface area is 80.4 Å². The highest BCUT2D eigenvalue weighted by Crippen LogP contribution is 2.24. The molecule has 0 aromatic heterocycles. The van der Waals surface area contributed by atoms with E-state index < -0.39 is 13.0 Å². The summed E-state index contributed by atoms with van der Waals surface area (Å²) in [6.45, 7) is -0.646. The number of ether oxygens (including phenoxy) is 2. The van der Waals surface area contributed by atoms with E-state index in [1.165, 1.54) is 19.2 Å². The second-order valence-electron chi connectivity index (χ2n) is 2.64. The van der Waals surface area contributed by atoms with Gasteiger partial charge in [0.15, 0.2) is 0 Å². The molecule has 0 aliphatic heterocycles. The number of alkyl halides is 2. The summed E-state index contributed by atoms with van der Waals surface area (Å²) in [5.41, 5.74) is 5.90. The zero-order valence-electron chi connectivity index (χ0n) is 7.67. The molecule has 0 saturated heterocycles. The average Bonchev–Trinajstić information content (AvgIpc) is 2.14. The van der Waals surface area contributed by atoms with Crippen LogP contribution in [0.15, 0.2) is 18.2 Å². The van der Waals surface area contributed by atoms with E-state index in [0.29, 0.717) is 11.4 Å². The molecule has 0 aliphatic carbocycles. The van der Waals surface area contributed by atoms with E-state index in [2.05, 4.69) is 0 Å². The molecule has 1 aromatic rings. The summed E-state index contributed by atoms with van der Waals surface area (Å²) in [5, 5.41) is 0. The zero-order valence-corrected chi connectivity index (χ0v) is 7.67. The zero-order chi connectivity index (χ0) is 10.6. The molecule has 14 heavy (non-hydrogen) atoms. The average molecular weight is 203 g/mol. The minimum Gasteiger partial charge on any atom is -0.497 e. The molecule has 5 heteroatoms. The van der Waals surface area contributed by atoms with Gasteiger partial charge in [-0.25, -0.2) is 8.78 Å². The number of hydrogen-bond donors (Lipinski definition) is 1. The Balaban J connectivity index is 2.71. The van der Waals surface area contributed by atoms with Gasteiger partial charge in [-0.2, -0.15) is 0 Å². The van der Waals surface area contributed by atoms with Crippen molar-refractivity contribution in [2.45, 2.75) is 6.43 Å². The minimum atomic E-state index is -2.50. The second kappa shape index (κ2) is 4.64. The molecule has 0 amide bonds. The molecule has 1 aromatic carbocycles. The van der Waals surface area contributed by atoms with Crippen molar-refractivity contribution in [1.82, 2.24) is 0 Å². The van der Waals surface area contributed by atoms with Crippen LogP contribution < -0.4 is 15.2 Å². The summed E-state index contributed by atoms with van der Waals surface area (Å²) in [7, 11) is 1.46. The first kappa shape index (κ1) is 10.6. The standard InChI is InChI=1S/C9H11F2NO2/c1-13-7-2-6(12)3-8(4-7)14-5-9(10)11/h2-4,9H,5,12H2,1H3. The van der Waals surface area contributed by atoms with Gasteiger partial charge in [0.1, 0.15) is 18.1 Å². The Morgan fingerprint density at radius 3 is 2.50 bits per heavy atom. The van der Waals surface area contributed by atoms with Crippen LogP contribution in [0.4, 0.5) is 14.5 Å². The summed E-state index contributed by atoms with van der Waals surface area (Å²) in [6.07, 6.45) is -2.50. The molecule has 3 nitrogen and oxygen atoms in total.